The van der Waals surface area contributed by atoms with Gasteiger partial charge in [0.2, 0.25) is 0 Å². The molecule has 0 amide bonds. The number of hydrogen-bond donors (Lipinski definition) is 2. The predicted molar refractivity (Wildman–Crippen MR) is 64.0 cm³/mol. The van der Waals surface area contributed by atoms with E-state index in [4.69, 9.17) is 10.4 Å². The molecule has 0 fully saturated rings. The van der Waals surface area contributed by atoms with Gasteiger partial charge in [-0.25, -0.2) is 4.79 Å². The van der Waals surface area contributed by atoms with Gasteiger partial charge in [0.25, 0.3) is 5.78 Å². The van der Waals surface area contributed by atoms with Crippen molar-refractivity contribution in [1.29, 1.82) is 5.26 Å². The molecule has 0 saturated carbocycles. The molecule has 0 radical (unpaired) electrons. The number of ether oxygens (including phenoxy) is 1. The van der Waals surface area contributed by atoms with Crippen LogP contribution in [-0.2, 0) is 9.53 Å². The zero-order valence-electron chi connectivity index (χ0n) is 10.2. The first-order chi connectivity index (χ1) is 9.01. The van der Waals surface area contributed by atoms with Crippen molar-refractivity contribution in [3.05, 3.63) is 35.4 Å². The van der Waals surface area contributed by atoms with Crippen LogP contribution in [0.5, 0.6) is 0 Å². The average Bonchev–Trinajstić information content (AvgIpc) is 2.45. The van der Waals surface area contributed by atoms with E-state index in [1.165, 1.54) is 30.3 Å². The Bertz CT molecular complexity index is 503. The first-order valence-electron chi connectivity index (χ1n) is 5.58. The molecule has 1 rings (SSSR count). The molecule has 1 aromatic carbocycles. The van der Waals surface area contributed by atoms with E-state index in [0.717, 1.165) is 0 Å². The Morgan fingerprint density at radius 3 is 2.37 bits per heavy atom. The van der Waals surface area contributed by atoms with Gasteiger partial charge in [0.05, 0.1) is 12.7 Å². The minimum Gasteiger partial charge on any atom is -0.460 e. The van der Waals surface area contributed by atoms with Gasteiger partial charge < -0.3 is 14.9 Å². The Kier molecular flexibility index (Phi) is 5.18. The topological polar surface area (TPSA) is 108 Å². The van der Waals surface area contributed by atoms with E-state index in [-0.39, 0.29) is 17.7 Å². The maximum Gasteiger partial charge on any atom is 0.379 e. The van der Waals surface area contributed by atoms with Crippen LogP contribution in [0.25, 0.3) is 0 Å². The molecule has 0 aliphatic heterocycles. The second-order valence-electron chi connectivity index (χ2n) is 3.69. The van der Waals surface area contributed by atoms with Gasteiger partial charge in [0, 0.05) is 5.56 Å². The van der Waals surface area contributed by atoms with E-state index in [9.17, 15) is 14.7 Å². The number of benzene rings is 1. The summed E-state index contributed by atoms with van der Waals surface area (Å²) in [4.78, 5) is 22.8. The third-order valence-corrected chi connectivity index (χ3v) is 2.41. The lowest BCUT2D eigenvalue weighted by Gasteiger charge is -2.12. The number of Topliss-reactive ketones (excluding diaryl/α,β-unsaturated/α-hetero) is 1. The highest BCUT2D eigenvalue weighted by Gasteiger charge is 2.20. The standard InChI is InChI=1S/C13H13NO5/c1-2-19-13(18)12(17)9-5-3-8(4-6-9)11(16)10(15)7-14/h3-6,10-11,15-16H,2H2,1H3. The molecule has 0 heterocycles. The van der Waals surface area contributed by atoms with Crippen molar-refractivity contribution in [1.82, 2.24) is 0 Å². The first kappa shape index (κ1) is 14.8. The summed E-state index contributed by atoms with van der Waals surface area (Å²) in [7, 11) is 0. The number of nitriles is 1. The molecule has 100 valence electrons. The summed E-state index contributed by atoms with van der Waals surface area (Å²) < 4.78 is 4.57. The molecule has 0 bridgehead atoms. The lowest BCUT2D eigenvalue weighted by Crippen LogP contribution is -2.18. The summed E-state index contributed by atoms with van der Waals surface area (Å²) in [5.41, 5.74) is 0.385. The predicted octanol–water partition coefficient (Wildman–Crippen LogP) is 0.350. The average molecular weight is 263 g/mol. The number of nitrogens with zero attached hydrogens (tertiary/aromatic N) is 1. The summed E-state index contributed by atoms with van der Waals surface area (Å²) in [6.45, 7) is 1.70. The normalized spacial score (nSPS) is 13.2. The van der Waals surface area contributed by atoms with Gasteiger partial charge in [0.1, 0.15) is 6.10 Å². The van der Waals surface area contributed by atoms with Crippen LogP contribution in [0.4, 0.5) is 0 Å². The van der Waals surface area contributed by atoms with E-state index >= 15 is 0 Å². The number of carbonyl (C=O) groups excluding carboxylic acids is 2. The van der Waals surface area contributed by atoms with Gasteiger partial charge in [-0.2, -0.15) is 5.26 Å². The van der Waals surface area contributed by atoms with Crippen molar-refractivity contribution in [2.24, 2.45) is 0 Å². The highest BCUT2D eigenvalue weighted by molar-refractivity contribution is 6.40. The molecule has 0 saturated heterocycles. The second-order valence-corrected chi connectivity index (χ2v) is 3.69. The maximum absolute atomic E-state index is 11.6. The Hall–Kier alpha value is -2.23. The van der Waals surface area contributed by atoms with E-state index in [1.807, 2.05) is 0 Å². The van der Waals surface area contributed by atoms with Crippen LogP contribution < -0.4 is 0 Å². The van der Waals surface area contributed by atoms with Crippen LogP contribution in [0.1, 0.15) is 28.9 Å². The molecule has 19 heavy (non-hydrogen) atoms. The molecule has 0 spiro atoms. The molecule has 2 N–H and O–H groups in total. The molecule has 6 heteroatoms. The number of aliphatic hydroxyl groups is 2. The fraction of sp³-hybridized carbons (Fsp3) is 0.308. The number of rotatable bonds is 5. The van der Waals surface area contributed by atoms with Gasteiger partial charge in [-0.15, -0.1) is 0 Å². The molecule has 2 unspecified atom stereocenters. The smallest absolute Gasteiger partial charge is 0.379 e. The Morgan fingerprint density at radius 1 is 1.32 bits per heavy atom. The largest absolute Gasteiger partial charge is 0.460 e. The summed E-state index contributed by atoms with van der Waals surface area (Å²) in [5.74, 6) is -1.74. The number of hydrogen-bond acceptors (Lipinski definition) is 6. The van der Waals surface area contributed by atoms with Crippen LogP contribution in [0.2, 0.25) is 0 Å². The molecule has 6 nitrogen and oxygen atoms in total. The van der Waals surface area contributed by atoms with Crippen molar-refractivity contribution < 1.29 is 24.5 Å². The minimum absolute atomic E-state index is 0.107. The van der Waals surface area contributed by atoms with Crippen LogP contribution >= 0.6 is 0 Å². The zero-order chi connectivity index (χ0) is 14.4. The Balaban J connectivity index is 2.85. The second kappa shape index (κ2) is 6.64. The van der Waals surface area contributed by atoms with E-state index in [1.54, 1.807) is 6.92 Å². The summed E-state index contributed by atoms with van der Waals surface area (Å²) in [6.07, 6.45) is -2.91. The van der Waals surface area contributed by atoms with E-state index in [2.05, 4.69) is 4.74 Å². The summed E-state index contributed by atoms with van der Waals surface area (Å²) >= 11 is 0. The van der Waals surface area contributed by atoms with Crippen molar-refractivity contribution in [2.45, 2.75) is 19.1 Å². The SMILES string of the molecule is CCOC(=O)C(=O)c1ccc(C(O)C(O)C#N)cc1. The van der Waals surface area contributed by atoms with Gasteiger partial charge >= 0.3 is 5.97 Å². The molecule has 1 aromatic rings. The number of aliphatic hydroxyl groups excluding tert-OH is 2. The zero-order valence-corrected chi connectivity index (χ0v) is 10.2. The summed E-state index contributed by atoms with van der Waals surface area (Å²) in [6, 6.07) is 6.86. The molecular formula is C13H13NO5. The molecule has 0 aliphatic carbocycles. The minimum atomic E-state index is -1.55. The van der Waals surface area contributed by atoms with Crippen LogP contribution in [0.3, 0.4) is 0 Å². The molecule has 0 aromatic heterocycles. The van der Waals surface area contributed by atoms with Gasteiger partial charge in [-0.1, -0.05) is 24.3 Å². The fourth-order valence-electron chi connectivity index (χ4n) is 1.40. The van der Waals surface area contributed by atoms with Gasteiger partial charge in [-0.3, -0.25) is 4.79 Å². The molecule has 2 atom stereocenters. The first-order valence-corrected chi connectivity index (χ1v) is 5.58. The third kappa shape index (κ3) is 3.61. The van der Waals surface area contributed by atoms with Gasteiger partial charge in [-0.05, 0) is 12.5 Å². The molecule has 0 aliphatic rings. The highest BCUT2D eigenvalue weighted by Crippen LogP contribution is 2.17. The number of ketones is 1. The Labute approximate surface area is 109 Å². The fourth-order valence-corrected chi connectivity index (χ4v) is 1.40. The van der Waals surface area contributed by atoms with Crippen molar-refractivity contribution in [3.63, 3.8) is 0 Å². The highest BCUT2D eigenvalue weighted by atomic mass is 16.5. The van der Waals surface area contributed by atoms with Crippen molar-refractivity contribution in [3.8, 4) is 6.07 Å². The maximum atomic E-state index is 11.6. The lowest BCUT2D eigenvalue weighted by atomic mass is 10.0. The number of esters is 1. The van der Waals surface area contributed by atoms with Crippen molar-refractivity contribution >= 4 is 11.8 Å². The molecular weight excluding hydrogens is 250 g/mol. The van der Waals surface area contributed by atoms with Crippen LogP contribution in [0.15, 0.2) is 24.3 Å². The monoisotopic (exact) mass is 263 g/mol. The van der Waals surface area contributed by atoms with Gasteiger partial charge in [0.15, 0.2) is 6.10 Å². The van der Waals surface area contributed by atoms with E-state index < -0.39 is 24.0 Å². The number of carbonyl (C=O) groups is 2. The summed E-state index contributed by atoms with van der Waals surface area (Å²) in [5, 5.41) is 27.2. The van der Waals surface area contributed by atoms with E-state index in [0.29, 0.717) is 0 Å². The van der Waals surface area contributed by atoms with Crippen LogP contribution in [-0.4, -0.2) is 34.7 Å². The Morgan fingerprint density at radius 2 is 1.89 bits per heavy atom. The van der Waals surface area contributed by atoms with Crippen LogP contribution in [0, 0.1) is 11.3 Å². The van der Waals surface area contributed by atoms with Crippen molar-refractivity contribution in [2.75, 3.05) is 6.61 Å². The third-order valence-electron chi connectivity index (χ3n) is 2.41. The lowest BCUT2D eigenvalue weighted by molar-refractivity contribution is -0.137. The quantitative estimate of drug-likeness (QED) is 0.343.